The van der Waals surface area contributed by atoms with Crippen LogP contribution in [0, 0.1) is 0 Å². The topological polar surface area (TPSA) is 147 Å². The standard InChI is InChI=1S/C28H33N7O4S/c1-5-25(36)32-19-7-6-8-20(15-19)33-26-24(40(3,4)38)17-31-28(35-26)34-18-9-11-21(12-10-18)39-22-13-14-30-23(16-22)27(37)29-2/h5,9-14,16-17,19-20H,1,3,6-8,15H2,2,4H3,(H,29,37)(H,32,36)(H2,31,33,34,35). The SMILES string of the molecule is C=CC(=O)NC1CCCC(Nc2nc(Nc3ccc(Oc4ccnc(C(=O)NC)c4)cc3)ncc2S(=C)(C)=O)C1. The number of ether oxygens (including phenoxy) is 1. The average Bonchev–Trinajstić information content (AvgIpc) is 2.93. The Balaban J connectivity index is 1.47. The van der Waals surface area contributed by atoms with Crippen molar-refractivity contribution in [3.63, 3.8) is 0 Å². The van der Waals surface area contributed by atoms with Gasteiger partial charge in [0, 0.05) is 43.3 Å². The average molecular weight is 564 g/mol. The summed E-state index contributed by atoms with van der Waals surface area (Å²) >= 11 is 0. The summed E-state index contributed by atoms with van der Waals surface area (Å²) in [6, 6.07) is 10.4. The lowest BCUT2D eigenvalue weighted by Crippen LogP contribution is -2.41. The Labute approximate surface area is 233 Å². The van der Waals surface area contributed by atoms with Crippen LogP contribution in [-0.4, -0.2) is 62.2 Å². The summed E-state index contributed by atoms with van der Waals surface area (Å²) in [6.45, 7) is 3.52. The van der Waals surface area contributed by atoms with Crippen molar-refractivity contribution in [2.45, 2.75) is 42.7 Å². The molecule has 4 N–H and O–H groups in total. The van der Waals surface area contributed by atoms with Crippen molar-refractivity contribution in [3.8, 4) is 11.5 Å². The number of carbonyl (C=O) groups excluding carboxylic acids is 2. The van der Waals surface area contributed by atoms with Gasteiger partial charge in [-0.2, -0.15) is 4.98 Å². The van der Waals surface area contributed by atoms with Gasteiger partial charge in [0.05, 0.1) is 11.1 Å². The van der Waals surface area contributed by atoms with Crippen molar-refractivity contribution in [1.82, 2.24) is 25.6 Å². The molecule has 4 rings (SSSR count). The summed E-state index contributed by atoms with van der Waals surface area (Å²) in [5, 5.41) is 12.1. The zero-order valence-corrected chi connectivity index (χ0v) is 23.3. The van der Waals surface area contributed by atoms with Crippen molar-refractivity contribution in [2.24, 2.45) is 0 Å². The molecule has 2 aromatic heterocycles. The molecule has 0 aliphatic heterocycles. The highest BCUT2D eigenvalue weighted by Gasteiger charge is 2.25. The summed E-state index contributed by atoms with van der Waals surface area (Å²) < 4.78 is 18.7. The number of nitrogens with one attached hydrogen (secondary N) is 4. The molecule has 12 heteroatoms. The number of hydrogen-bond donors (Lipinski definition) is 4. The second kappa shape index (κ2) is 12.6. The number of rotatable bonds is 10. The van der Waals surface area contributed by atoms with E-state index in [4.69, 9.17) is 4.74 Å². The van der Waals surface area contributed by atoms with Gasteiger partial charge < -0.3 is 26.0 Å². The molecule has 0 radical (unpaired) electrons. The molecule has 0 spiro atoms. The molecule has 2 amide bonds. The van der Waals surface area contributed by atoms with E-state index in [0.717, 1.165) is 19.3 Å². The molecule has 1 aliphatic rings. The monoisotopic (exact) mass is 563 g/mol. The van der Waals surface area contributed by atoms with E-state index in [-0.39, 0.29) is 29.6 Å². The molecule has 0 saturated heterocycles. The third kappa shape index (κ3) is 7.56. The summed E-state index contributed by atoms with van der Waals surface area (Å²) in [4.78, 5) is 37.0. The third-order valence-electron chi connectivity index (χ3n) is 6.30. The van der Waals surface area contributed by atoms with Gasteiger partial charge in [-0.15, -0.1) is 0 Å². The lowest BCUT2D eigenvalue weighted by atomic mass is 9.91. The summed E-state index contributed by atoms with van der Waals surface area (Å²) in [5.74, 6) is 5.14. The Bertz CT molecular complexity index is 1490. The highest BCUT2D eigenvalue weighted by molar-refractivity contribution is 7.99. The first kappa shape index (κ1) is 28.6. The van der Waals surface area contributed by atoms with Crippen LogP contribution >= 0.6 is 0 Å². The molecule has 210 valence electrons. The van der Waals surface area contributed by atoms with Crippen LogP contribution in [0.25, 0.3) is 0 Å². The molecule has 1 fully saturated rings. The third-order valence-corrected chi connectivity index (χ3v) is 7.53. The summed E-state index contributed by atoms with van der Waals surface area (Å²) in [6.07, 6.45) is 9.26. The normalized spacial score (nSPS) is 18.1. The minimum atomic E-state index is -2.60. The number of aromatic nitrogens is 3. The molecule has 1 saturated carbocycles. The first-order valence-electron chi connectivity index (χ1n) is 12.8. The Kier molecular flexibility index (Phi) is 9.00. The Morgan fingerprint density at radius 3 is 2.55 bits per heavy atom. The van der Waals surface area contributed by atoms with Crippen molar-refractivity contribution >= 4 is 44.7 Å². The number of amides is 2. The summed E-state index contributed by atoms with van der Waals surface area (Å²) in [5.41, 5.74) is 0.968. The van der Waals surface area contributed by atoms with Crippen LogP contribution in [0.1, 0.15) is 36.2 Å². The van der Waals surface area contributed by atoms with E-state index >= 15 is 0 Å². The van der Waals surface area contributed by atoms with Crippen molar-refractivity contribution < 1.29 is 18.5 Å². The predicted octanol–water partition coefficient (Wildman–Crippen LogP) is 3.50. The van der Waals surface area contributed by atoms with Crippen LogP contribution in [0.15, 0.2) is 66.3 Å². The van der Waals surface area contributed by atoms with Gasteiger partial charge in [-0.1, -0.05) is 6.58 Å². The quantitative estimate of drug-likeness (QED) is 0.215. The van der Waals surface area contributed by atoms with E-state index in [2.05, 4.69) is 48.7 Å². The van der Waals surface area contributed by atoms with E-state index in [9.17, 15) is 13.8 Å². The van der Waals surface area contributed by atoms with Crippen LogP contribution < -0.4 is 26.0 Å². The fourth-order valence-corrected chi connectivity index (χ4v) is 5.14. The highest BCUT2D eigenvalue weighted by atomic mass is 32.2. The smallest absolute Gasteiger partial charge is 0.269 e. The molecule has 1 aromatic carbocycles. The van der Waals surface area contributed by atoms with Crippen molar-refractivity contribution in [3.05, 3.63) is 67.1 Å². The Hall–Kier alpha value is -4.45. The lowest BCUT2D eigenvalue weighted by Gasteiger charge is -2.31. The van der Waals surface area contributed by atoms with Gasteiger partial charge in [0.1, 0.15) is 23.0 Å². The maximum Gasteiger partial charge on any atom is 0.269 e. The second-order valence-electron chi connectivity index (χ2n) is 9.54. The molecule has 3 atom stereocenters. The van der Waals surface area contributed by atoms with Gasteiger partial charge >= 0.3 is 0 Å². The summed E-state index contributed by atoms with van der Waals surface area (Å²) in [7, 11) is -1.06. The van der Waals surface area contributed by atoms with Crippen LogP contribution in [0.2, 0.25) is 0 Å². The van der Waals surface area contributed by atoms with E-state index in [0.29, 0.717) is 40.3 Å². The molecule has 11 nitrogen and oxygen atoms in total. The Morgan fingerprint density at radius 1 is 1.10 bits per heavy atom. The van der Waals surface area contributed by atoms with Gasteiger partial charge in [0.2, 0.25) is 11.9 Å². The predicted molar refractivity (Wildman–Crippen MR) is 157 cm³/mol. The largest absolute Gasteiger partial charge is 0.457 e. The first-order chi connectivity index (χ1) is 19.1. The van der Waals surface area contributed by atoms with Crippen LogP contribution in [-0.2, 0) is 14.3 Å². The maximum atomic E-state index is 12.9. The number of benzene rings is 1. The molecule has 2 heterocycles. The number of pyridine rings is 1. The maximum absolute atomic E-state index is 12.9. The number of hydrogen-bond acceptors (Lipinski definition) is 9. The zero-order chi connectivity index (χ0) is 28.7. The first-order valence-corrected chi connectivity index (χ1v) is 14.9. The van der Waals surface area contributed by atoms with Crippen LogP contribution in [0.5, 0.6) is 11.5 Å². The molecule has 3 unspecified atom stereocenters. The Morgan fingerprint density at radius 2 is 1.85 bits per heavy atom. The van der Waals surface area contributed by atoms with E-state index in [1.807, 2.05) is 0 Å². The van der Waals surface area contributed by atoms with Gasteiger partial charge in [0.25, 0.3) is 5.91 Å². The van der Waals surface area contributed by atoms with Crippen LogP contribution in [0.3, 0.4) is 0 Å². The molecule has 40 heavy (non-hydrogen) atoms. The number of carbonyl (C=O) groups is 2. The van der Waals surface area contributed by atoms with E-state index < -0.39 is 9.52 Å². The van der Waals surface area contributed by atoms with Crippen molar-refractivity contribution in [1.29, 1.82) is 0 Å². The van der Waals surface area contributed by atoms with Gasteiger partial charge in [-0.25, -0.2) is 4.98 Å². The molecule has 0 bridgehead atoms. The van der Waals surface area contributed by atoms with Crippen molar-refractivity contribution in [2.75, 3.05) is 23.9 Å². The second-order valence-corrected chi connectivity index (χ2v) is 12.0. The van der Waals surface area contributed by atoms with Gasteiger partial charge in [0.15, 0.2) is 0 Å². The lowest BCUT2D eigenvalue weighted by molar-refractivity contribution is -0.117. The molecule has 3 aromatic rings. The fraction of sp³-hybridized carbons (Fsp3) is 0.286. The molecule has 1 aliphatic carbocycles. The van der Waals surface area contributed by atoms with Crippen LogP contribution in [0.4, 0.5) is 17.5 Å². The molecular formula is C28H33N7O4S. The molecular weight excluding hydrogens is 530 g/mol. The minimum Gasteiger partial charge on any atom is -0.457 e. The minimum absolute atomic E-state index is 0.0219. The fourth-order valence-electron chi connectivity index (χ4n) is 4.35. The number of nitrogens with zero attached hydrogens (tertiary/aromatic N) is 3. The van der Waals surface area contributed by atoms with E-state index in [1.54, 1.807) is 42.7 Å². The highest BCUT2D eigenvalue weighted by Crippen LogP contribution is 2.28. The van der Waals surface area contributed by atoms with Gasteiger partial charge in [-0.3, -0.25) is 18.8 Å². The zero-order valence-electron chi connectivity index (χ0n) is 22.5. The number of anilines is 3. The van der Waals surface area contributed by atoms with Gasteiger partial charge in [-0.05, 0) is 77.5 Å². The van der Waals surface area contributed by atoms with E-state index in [1.165, 1.54) is 25.5 Å².